The molecule has 1 unspecified atom stereocenters. The van der Waals surface area contributed by atoms with Crippen LogP contribution in [0.4, 0.5) is 5.69 Å². The molecular formula is C31H33NO2. The Bertz CT molecular complexity index is 1310. The second-order valence-electron chi connectivity index (χ2n) is 11.1. The second-order valence-corrected chi connectivity index (χ2v) is 11.1. The Morgan fingerprint density at radius 1 is 0.882 bits per heavy atom. The van der Waals surface area contributed by atoms with E-state index >= 15 is 0 Å². The predicted octanol–water partition coefficient (Wildman–Crippen LogP) is 7.46. The molecule has 3 nitrogen and oxygen atoms in total. The third kappa shape index (κ3) is 3.58. The van der Waals surface area contributed by atoms with Gasteiger partial charge in [0.05, 0.1) is 24.1 Å². The highest BCUT2D eigenvalue weighted by Crippen LogP contribution is 2.49. The van der Waals surface area contributed by atoms with Crippen LogP contribution in [0.15, 0.2) is 65.7 Å². The van der Waals surface area contributed by atoms with Crippen molar-refractivity contribution >= 4 is 17.4 Å². The molecule has 5 rings (SSSR count). The Hall–Kier alpha value is -3.20. The van der Waals surface area contributed by atoms with Crippen molar-refractivity contribution in [1.29, 1.82) is 0 Å². The number of fused-ring (bicyclic) bond motifs is 3. The molecule has 3 aromatic rings. The van der Waals surface area contributed by atoms with Gasteiger partial charge in [0.25, 0.3) is 0 Å². The van der Waals surface area contributed by atoms with E-state index in [4.69, 9.17) is 9.73 Å². The van der Waals surface area contributed by atoms with Crippen LogP contribution in [0.5, 0.6) is 0 Å². The number of nitrogens with zero attached hydrogens (tertiary/aromatic N) is 1. The molecule has 1 aliphatic carbocycles. The molecule has 0 N–H and O–H groups in total. The summed E-state index contributed by atoms with van der Waals surface area (Å²) < 4.78 is 4.89. The molecule has 0 aromatic heterocycles. The van der Waals surface area contributed by atoms with E-state index in [9.17, 15) is 4.79 Å². The van der Waals surface area contributed by atoms with Gasteiger partial charge in [0.15, 0.2) is 0 Å². The van der Waals surface area contributed by atoms with E-state index in [-0.39, 0.29) is 22.7 Å². The normalized spacial score (nSPS) is 19.7. The Balaban J connectivity index is 1.79. The number of methoxy groups -OCH3 is 1. The number of ether oxygens (including phenoxy) is 1. The maximum absolute atomic E-state index is 12.0. The van der Waals surface area contributed by atoms with Crippen LogP contribution in [0.25, 0.3) is 0 Å². The fraction of sp³-hybridized carbons (Fsp3) is 0.355. The lowest BCUT2D eigenvalue weighted by Crippen LogP contribution is -2.34. The molecule has 34 heavy (non-hydrogen) atoms. The molecule has 0 saturated heterocycles. The zero-order valence-electron chi connectivity index (χ0n) is 21.0. The van der Waals surface area contributed by atoms with Gasteiger partial charge in [-0.1, -0.05) is 71.0 Å². The summed E-state index contributed by atoms with van der Waals surface area (Å²) in [5.74, 6) is -0.0975. The summed E-state index contributed by atoms with van der Waals surface area (Å²) >= 11 is 0. The molecule has 174 valence electrons. The minimum atomic E-state index is -0.327. The van der Waals surface area contributed by atoms with Gasteiger partial charge < -0.3 is 4.74 Å². The Kier molecular flexibility index (Phi) is 5.27. The molecule has 1 heterocycles. The van der Waals surface area contributed by atoms with Crippen LogP contribution in [-0.2, 0) is 15.6 Å². The summed E-state index contributed by atoms with van der Waals surface area (Å²) in [7, 11) is 1.41. The number of benzene rings is 3. The van der Waals surface area contributed by atoms with Gasteiger partial charge in [0, 0.05) is 17.0 Å². The van der Waals surface area contributed by atoms with Gasteiger partial charge in [-0.05, 0) is 70.2 Å². The van der Waals surface area contributed by atoms with E-state index < -0.39 is 0 Å². The van der Waals surface area contributed by atoms with Gasteiger partial charge >= 0.3 is 5.97 Å². The maximum atomic E-state index is 12.0. The highest BCUT2D eigenvalue weighted by atomic mass is 16.5. The number of carbonyl (C=O) groups is 1. The van der Waals surface area contributed by atoms with Crippen molar-refractivity contribution in [3.63, 3.8) is 0 Å². The molecule has 3 heteroatoms. The topological polar surface area (TPSA) is 38.7 Å². The van der Waals surface area contributed by atoms with E-state index in [0.29, 0.717) is 5.56 Å². The van der Waals surface area contributed by atoms with Crippen molar-refractivity contribution in [2.45, 2.75) is 64.2 Å². The van der Waals surface area contributed by atoms with Crippen molar-refractivity contribution in [2.24, 2.45) is 4.99 Å². The van der Waals surface area contributed by atoms with Crippen molar-refractivity contribution in [3.8, 4) is 0 Å². The number of para-hydroxylation sites is 1. The number of hydrogen-bond donors (Lipinski definition) is 0. The summed E-state index contributed by atoms with van der Waals surface area (Å²) in [6.07, 6.45) is 2.36. The van der Waals surface area contributed by atoms with Crippen molar-refractivity contribution in [1.82, 2.24) is 0 Å². The summed E-state index contributed by atoms with van der Waals surface area (Å²) in [6.45, 7) is 11.8. The maximum Gasteiger partial charge on any atom is 0.337 e. The van der Waals surface area contributed by atoms with E-state index in [2.05, 4.69) is 71.0 Å². The first kappa shape index (κ1) is 22.6. The van der Waals surface area contributed by atoms with Crippen LogP contribution in [0.1, 0.15) is 97.1 Å². The Labute approximate surface area is 202 Å². The monoisotopic (exact) mass is 451 g/mol. The summed E-state index contributed by atoms with van der Waals surface area (Å²) in [6, 6.07) is 21.0. The minimum absolute atomic E-state index is 0.113. The number of rotatable bonds is 2. The quantitative estimate of drug-likeness (QED) is 0.379. The highest BCUT2D eigenvalue weighted by Gasteiger charge is 2.39. The summed E-state index contributed by atoms with van der Waals surface area (Å²) in [5.41, 5.74) is 10.4. The molecule has 0 amide bonds. The average molecular weight is 452 g/mol. The first-order chi connectivity index (χ1) is 16.1. The molecule has 0 spiro atoms. The van der Waals surface area contributed by atoms with Gasteiger partial charge in [-0.2, -0.15) is 0 Å². The van der Waals surface area contributed by atoms with Gasteiger partial charge in [-0.3, -0.25) is 0 Å². The molecule has 1 atom stereocenters. The predicted molar refractivity (Wildman–Crippen MR) is 139 cm³/mol. The summed E-state index contributed by atoms with van der Waals surface area (Å²) in [4.78, 5) is 17.2. The van der Waals surface area contributed by atoms with Crippen molar-refractivity contribution in [3.05, 3.63) is 99.6 Å². The third-order valence-corrected chi connectivity index (χ3v) is 7.96. The van der Waals surface area contributed by atoms with Gasteiger partial charge in [0.1, 0.15) is 0 Å². The molecule has 0 saturated carbocycles. The van der Waals surface area contributed by atoms with E-state index in [1.54, 1.807) is 0 Å². The SMILES string of the molecule is COC(=O)c1ccc(C2=Nc3ccccc3C(C)c3cc4c(cc32)C(C)(C)CCC4(C)C)cc1. The standard InChI is InChI=1S/C31H33NO2/c1-19-22-9-7-8-10-27(22)32-28(20-11-13-21(14-12-20)29(33)34-6)24-18-26-25(17-23(19)24)30(2,3)15-16-31(26,4)5/h7-14,17-19H,15-16H2,1-6H3. The highest BCUT2D eigenvalue weighted by molar-refractivity contribution is 6.16. The van der Waals surface area contributed by atoms with Crippen LogP contribution >= 0.6 is 0 Å². The van der Waals surface area contributed by atoms with Crippen LogP contribution in [-0.4, -0.2) is 18.8 Å². The van der Waals surface area contributed by atoms with E-state index in [1.807, 2.05) is 24.3 Å². The second kappa shape index (κ2) is 7.94. The molecule has 0 fully saturated rings. The first-order valence-electron chi connectivity index (χ1n) is 12.2. The molecule has 2 aliphatic rings. The van der Waals surface area contributed by atoms with Crippen molar-refractivity contribution in [2.75, 3.05) is 7.11 Å². The average Bonchev–Trinajstić information content (AvgIpc) is 2.96. The number of aliphatic imine (C=N–C) groups is 1. The van der Waals surface area contributed by atoms with Crippen LogP contribution in [0, 0.1) is 0 Å². The number of hydrogen-bond acceptors (Lipinski definition) is 3. The molecule has 0 radical (unpaired) electrons. The van der Waals surface area contributed by atoms with Crippen LogP contribution < -0.4 is 0 Å². The third-order valence-electron chi connectivity index (χ3n) is 7.96. The van der Waals surface area contributed by atoms with Crippen LogP contribution in [0.2, 0.25) is 0 Å². The van der Waals surface area contributed by atoms with E-state index in [1.165, 1.54) is 47.8 Å². The minimum Gasteiger partial charge on any atom is -0.465 e. The van der Waals surface area contributed by atoms with Crippen molar-refractivity contribution < 1.29 is 9.53 Å². The lowest BCUT2D eigenvalue weighted by molar-refractivity contribution is 0.0600. The molecule has 0 bridgehead atoms. The molecule has 1 aliphatic heterocycles. The van der Waals surface area contributed by atoms with Gasteiger partial charge in [0.2, 0.25) is 0 Å². The largest absolute Gasteiger partial charge is 0.465 e. The van der Waals surface area contributed by atoms with Crippen LogP contribution in [0.3, 0.4) is 0 Å². The Morgan fingerprint density at radius 3 is 2.15 bits per heavy atom. The fourth-order valence-electron chi connectivity index (χ4n) is 5.60. The lowest BCUT2D eigenvalue weighted by atomic mass is 9.62. The fourth-order valence-corrected chi connectivity index (χ4v) is 5.60. The molecular weight excluding hydrogens is 418 g/mol. The smallest absolute Gasteiger partial charge is 0.337 e. The van der Waals surface area contributed by atoms with Gasteiger partial charge in [-0.25, -0.2) is 9.79 Å². The number of esters is 1. The number of carbonyl (C=O) groups excluding carboxylic acids is 1. The van der Waals surface area contributed by atoms with E-state index in [0.717, 1.165) is 17.0 Å². The zero-order valence-corrected chi connectivity index (χ0v) is 21.0. The lowest BCUT2D eigenvalue weighted by Gasteiger charge is -2.42. The zero-order chi connectivity index (χ0) is 24.3. The Morgan fingerprint density at radius 2 is 1.50 bits per heavy atom. The van der Waals surface area contributed by atoms with Gasteiger partial charge in [-0.15, -0.1) is 0 Å². The first-order valence-corrected chi connectivity index (χ1v) is 12.2. The summed E-state index contributed by atoms with van der Waals surface area (Å²) in [5, 5.41) is 0. The molecule has 3 aromatic carbocycles.